The van der Waals surface area contributed by atoms with Gasteiger partial charge in [-0.05, 0) is 12.0 Å². The molecular weight excluding hydrogens is 162 g/mol. The lowest BCUT2D eigenvalue weighted by Crippen LogP contribution is -2.20. The van der Waals surface area contributed by atoms with Crippen LogP contribution in [0.2, 0.25) is 0 Å². The Morgan fingerprint density at radius 3 is 2.38 bits per heavy atom. The van der Waals surface area contributed by atoms with Gasteiger partial charge in [-0.25, -0.2) is 0 Å². The minimum absolute atomic E-state index is 0.739. The second-order valence-corrected chi connectivity index (χ2v) is 2.78. The van der Waals surface area contributed by atoms with Crippen LogP contribution in [0, 0.1) is 0 Å². The fraction of sp³-hybridized carbons (Fsp3) is 0.200. The van der Waals surface area contributed by atoms with Crippen LogP contribution in [0.1, 0.15) is 18.1 Å². The van der Waals surface area contributed by atoms with Crippen LogP contribution >= 0.6 is 0 Å². The molecule has 70 valence electrons. The van der Waals surface area contributed by atoms with E-state index >= 15 is 0 Å². The highest BCUT2D eigenvalue weighted by Crippen LogP contribution is 2.11. The first kappa shape index (κ1) is 9.61. The molecule has 1 aromatic carbocycles. The highest BCUT2D eigenvalue weighted by Gasteiger charge is 1.97. The molecule has 3 nitrogen and oxygen atoms in total. The molecule has 3 heteroatoms. The van der Waals surface area contributed by atoms with Crippen molar-refractivity contribution in [3.63, 3.8) is 0 Å². The Morgan fingerprint density at radius 2 is 2.00 bits per heavy atom. The van der Waals surface area contributed by atoms with Crippen LogP contribution in [0.5, 0.6) is 0 Å². The first-order valence-electron chi connectivity index (χ1n) is 4.29. The van der Waals surface area contributed by atoms with Gasteiger partial charge in [0, 0.05) is 11.8 Å². The van der Waals surface area contributed by atoms with E-state index in [4.69, 9.17) is 11.6 Å². The summed E-state index contributed by atoms with van der Waals surface area (Å²) >= 11 is 0. The van der Waals surface area contributed by atoms with Gasteiger partial charge in [-0.1, -0.05) is 31.2 Å². The van der Waals surface area contributed by atoms with Crippen LogP contribution in [0.25, 0.3) is 5.70 Å². The first-order valence-corrected chi connectivity index (χ1v) is 4.29. The topological polar surface area (TPSA) is 64.1 Å². The van der Waals surface area contributed by atoms with E-state index in [1.54, 1.807) is 0 Å². The summed E-state index contributed by atoms with van der Waals surface area (Å²) in [5.74, 6) is 5.29. The number of nitrogens with one attached hydrogen (secondary N) is 1. The van der Waals surface area contributed by atoms with E-state index in [2.05, 4.69) is 24.5 Å². The van der Waals surface area contributed by atoms with E-state index in [1.165, 1.54) is 11.8 Å². The average molecular weight is 177 g/mol. The molecule has 0 saturated heterocycles. The lowest BCUT2D eigenvalue weighted by atomic mass is 10.1. The molecule has 0 aliphatic heterocycles. The molecule has 0 aliphatic rings. The molecule has 0 atom stereocenters. The molecule has 0 aromatic heterocycles. The van der Waals surface area contributed by atoms with Crippen molar-refractivity contribution in [1.82, 2.24) is 5.43 Å². The third kappa shape index (κ3) is 2.23. The molecule has 0 saturated carbocycles. The largest absolute Gasteiger partial charge is 0.403 e. The van der Waals surface area contributed by atoms with Crippen molar-refractivity contribution in [1.29, 1.82) is 0 Å². The van der Waals surface area contributed by atoms with Crippen molar-refractivity contribution in [2.24, 2.45) is 11.6 Å². The number of nitrogens with two attached hydrogens (primary N) is 2. The maximum atomic E-state index is 5.38. The van der Waals surface area contributed by atoms with Crippen LogP contribution in [-0.2, 0) is 6.42 Å². The molecule has 0 amide bonds. The zero-order chi connectivity index (χ0) is 9.68. The van der Waals surface area contributed by atoms with E-state index in [1.807, 2.05) is 12.1 Å². The Morgan fingerprint density at radius 1 is 1.38 bits per heavy atom. The molecule has 0 fully saturated rings. The lowest BCUT2D eigenvalue weighted by Gasteiger charge is -2.05. The molecule has 0 aliphatic carbocycles. The third-order valence-electron chi connectivity index (χ3n) is 2.00. The Kier molecular flexibility index (Phi) is 3.34. The standard InChI is InChI=1S/C10H15N3/c1-2-8-3-5-9(6-4-8)10(7-11)13-12/h3-7,13H,2,11-12H2,1H3/b10-7-. The van der Waals surface area contributed by atoms with E-state index in [0.717, 1.165) is 17.7 Å². The third-order valence-corrected chi connectivity index (χ3v) is 2.00. The molecule has 0 radical (unpaired) electrons. The van der Waals surface area contributed by atoms with E-state index in [0.29, 0.717) is 0 Å². The molecule has 5 N–H and O–H groups in total. The SMILES string of the molecule is CCc1ccc(/C(=C/N)NN)cc1. The van der Waals surface area contributed by atoms with E-state index in [9.17, 15) is 0 Å². The summed E-state index contributed by atoms with van der Waals surface area (Å²) in [4.78, 5) is 0. The van der Waals surface area contributed by atoms with Crippen molar-refractivity contribution >= 4 is 5.70 Å². The van der Waals surface area contributed by atoms with Gasteiger partial charge in [0.1, 0.15) is 0 Å². The minimum atomic E-state index is 0.739. The highest BCUT2D eigenvalue weighted by atomic mass is 15.2. The van der Waals surface area contributed by atoms with Crippen LogP contribution in [0.15, 0.2) is 30.5 Å². The summed E-state index contributed by atoms with van der Waals surface area (Å²) in [6.07, 6.45) is 2.50. The van der Waals surface area contributed by atoms with Gasteiger partial charge in [-0.2, -0.15) is 0 Å². The average Bonchev–Trinajstić information content (AvgIpc) is 2.21. The summed E-state index contributed by atoms with van der Waals surface area (Å²) in [6, 6.07) is 8.13. The number of hydrazine groups is 1. The van der Waals surface area contributed by atoms with Gasteiger partial charge in [0.2, 0.25) is 0 Å². The fourth-order valence-electron chi connectivity index (χ4n) is 1.15. The predicted octanol–water partition coefficient (Wildman–Crippen LogP) is 0.969. The van der Waals surface area contributed by atoms with Gasteiger partial charge in [-0.15, -0.1) is 0 Å². The molecule has 0 heterocycles. The van der Waals surface area contributed by atoms with Crippen LogP contribution < -0.4 is 17.0 Å². The number of hydrogen-bond acceptors (Lipinski definition) is 3. The number of benzene rings is 1. The van der Waals surface area contributed by atoms with Crippen molar-refractivity contribution in [2.75, 3.05) is 0 Å². The molecule has 0 spiro atoms. The quantitative estimate of drug-likeness (QED) is 0.476. The van der Waals surface area contributed by atoms with Gasteiger partial charge in [0.25, 0.3) is 0 Å². The van der Waals surface area contributed by atoms with E-state index < -0.39 is 0 Å². The van der Waals surface area contributed by atoms with Crippen molar-refractivity contribution in [3.05, 3.63) is 41.6 Å². The van der Waals surface area contributed by atoms with E-state index in [-0.39, 0.29) is 0 Å². The summed E-state index contributed by atoms with van der Waals surface area (Å²) in [5.41, 5.74) is 11.0. The van der Waals surface area contributed by atoms with Crippen molar-refractivity contribution < 1.29 is 0 Å². The molecule has 1 rings (SSSR count). The predicted molar refractivity (Wildman–Crippen MR) is 55.3 cm³/mol. The maximum Gasteiger partial charge on any atom is 0.0713 e. The van der Waals surface area contributed by atoms with Crippen LogP contribution in [0.4, 0.5) is 0 Å². The Labute approximate surface area is 78.4 Å². The minimum Gasteiger partial charge on any atom is -0.403 e. The summed E-state index contributed by atoms with van der Waals surface area (Å²) in [6.45, 7) is 2.12. The summed E-state index contributed by atoms with van der Waals surface area (Å²) < 4.78 is 0. The van der Waals surface area contributed by atoms with Gasteiger partial charge in [0.15, 0.2) is 0 Å². The Hall–Kier alpha value is -1.48. The molecule has 0 bridgehead atoms. The normalized spacial score (nSPS) is 11.4. The second kappa shape index (κ2) is 4.52. The Bertz CT molecular complexity index is 288. The smallest absolute Gasteiger partial charge is 0.0713 e. The van der Waals surface area contributed by atoms with Crippen molar-refractivity contribution in [2.45, 2.75) is 13.3 Å². The lowest BCUT2D eigenvalue weighted by molar-refractivity contribution is 0.987. The molecular formula is C10H15N3. The zero-order valence-electron chi connectivity index (χ0n) is 7.75. The van der Waals surface area contributed by atoms with Gasteiger partial charge < -0.3 is 11.2 Å². The van der Waals surface area contributed by atoms with Crippen LogP contribution in [0.3, 0.4) is 0 Å². The van der Waals surface area contributed by atoms with Gasteiger partial charge in [0.05, 0.1) is 5.70 Å². The van der Waals surface area contributed by atoms with Gasteiger partial charge in [-0.3, -0.25) is 5.84 Å². The van der Waals surface area contributed by atoms with Crippen molar-refractivity contribution in [3.8, 4) is 0 Å². The monoisotopic (exact) mass is 177 g/mol. The number of rotatable bonds is 3. The highest BCUT2D eigenvalue weighted by molar-refractivity contribution is 5.63. The zero-order valence-corrected chi connectivity index (χ0v) is 7.75. The first-order chi connectivity index (χ1) is 6.31. The van der Waals surface area contributed by atoms with Gasteiger partial charge >= 0.3 is 0 Å². The molecule has 0 unspecified atom stereocenters. The second-order valence-electron chi connectivity index (χ2n) is 2.78. The molecule has 1 aromatic rings. The number of aryl methyl sites for hydroxylation is 1. The summed E-state index contributed by atoms with van der Waals surface area (Å²) in [5, 5.41) is 0. The van der Waals surface area contributed by atoms with Crippen LogP contribution in [-0.4, -0.2) is 0 Å². The Balaban J connectivity index is 2.91. The number of hydrogen-bond donors (Lipinski definition) is 3. The fourth-order valence-corrected chi connectivity index (χ4v) is 1.15. The summed E-state index contributed by atoms with van der Waals surface area (Å²) in [7, 11) is 0. The molecule has 13 heavy (non-hydrogen) atoms. The maximum absolute atomic E-state index is 5.38.